The van der Waals surface area contributed by atoms with E-state index in [1.54, 1.807) is 16.6 Å². The van der Waals surface area contributed by atoms with Crippen molar-refractivity contribution in [1.82, 2.24) is 24.9 Å². The van der Waals surface area contributed by atoms with Crippen LogP contribution in [0.4, 0.5) is 4.39 Å². The largest absolute Gasteiger partial charge is 0.348 e. The fraction of sp³-hybridized carbons (Fsp3) is 0.333. The summed E-state index contributed by atoms with van der Waals surface area (Å²) in [6.45, 7) is 4.26. The molecule has 0 radical (unpaired) electrons. The van der Waals surface area contributed by atoms with Gasteiger partial charge in [0.05, 0.1) is 0 Å². The monoisotopic (exact) mass is 339 g/mol. The molecule has 1 saturated carbocycles. The molecule has 1 fully saturated rings. The van der Waals surface area contributed by atoms with Gasteiger partial charge in [-0.25, -0.2) is 13.9 Å². The summed E-state index contributed by atoms with van der Waals surface area (Å²) >= 11 is 0. The van der Waals surface area contributed by atoms with E-state index in [1.165, 1.54) is 12.1 Å². The zero-order chi connectivity index (χ0) is 17.6. The summed E-state index contributed by atoms with van der Waals surface area (Å²) < 4.78 is 14.7. The van der Waals surface area contributed by atoms with Crippen LogP contribution in [0.3, 0.4) is 0 Å². The zero-order valence-electron chi connectivity index (χ0n) is 14.1. The van der Waals surface area contributed by atoms with Gasteiger partial charge >= 0.3 is 0 Å². The van der Waals surface area contributed by atoms with E-state index in [-0.39, 0.29) is 23.0 Å². The molecule has 3 aromatic rings. The molecule has 0 spiro atoms. The Balaban J connectivity index is 1.51. The van der Waals surface area contributed by atoms with Crippen molar-refractivity contribution in [3.63, 3.8) is 0 Å². The zero-order valence-corrected chi connectivity index (χ0v) is 14.1. The topological polar surface area (TPSA) is 72.2 Å². The third-order valence-electron chi connectivity index (χ3n) is 4.72. The molecule has 1 N–H and O–H groups in total. The highest BCUT2D eigenvalue weighted by atomic mass is 19.1. The van der Waals surface area contributed by atoms with Crippen molar-refractivity contribution in [3.05, 3.63) is 58.9 Å². The lowest BCUT2D eigenvalue weighted by Gasteiger charge is -2.15. The highest BCUT2D eigenvalue weighted by Crippen LogP contribution is 2.47. The summed E-state index contributed by atoms with van der Waals surface area (Å²) in [6.07, 6.45) is 1.94. The molecule has 1 amide bonds. The van der Waals surface area contributed by atoms with Gasteiger partial charge < -0.3 is 5.32 Å². The molecule has 1 aliphatic carbocycles. The van der Waals surface area contributed by atoms with Gasteiger partial charge in [-0.1, -0.05) is 12.1 Å². The summed E-state index contributed by atoms with van der Waals surface area (Å²) in [5.74, 6) is -0.0509. The van der Waals surface area contributed by atoms with Gasteiger partial charge in [-0.05, 0) is 50.5 Å². The first-order valence-electron chi connectivity index (χ1n) is 8.22. The van der Waals surface area contributed by atoms with E-state index in [4.69, 9.17) is 0 Å². The van der Waals surface area contributed by atoms with E-state index < -0.39 is 0 Å². The molecule has 0 atom stereocenters. The van der Waals surface area contributed by atoms with Gasteiger partial charge in [0.25, 0.3) is 11.7 Å². The van der Waals surface area contributed by atoms with Crippen molar-refractivity contribution in [3.8, 4) is 0 Å². The molecule has 4 rings (SSSR count). The Kier molecular flexibility index (Phi) is 3.52. The number of fused-ring (bicyclic) bond motifs is 1. The van der Waals surface area contributed by atoms with Crippen molar-refractivity contribution in [1.29, 1.82) is 0 Å². The lowest BCUT2D eigenvalue weighted by atomic mass is 9.96. The third-order valence-corrected chi connectivity index (χ3v) is 4.72. The number of amides is 1. The molecular weight excluding hydrogens is 321 g/mol. The van der Waals surface area contributed by atoms with Gasteiger partial charge in [0, 0.05) is 23.3 Å². The van der Waals surface area contributed by atoms with Gasteiger partial charge in [0.15, 0.2) is 0 Å². The number of aryl methyl sites for hydroxylation is 2. The number of hydrogen-bond donors (Lipinski definition) is 1. The van der Waals surface area contributed by atoms with E-state index in [9.17, 15) is 9.18 Å². The Labute approximate surface area is 144 Å². The molecule has 7 heteroatoms. The van der Waals surface area contributed by atoms with E-state index in [1.807, 2.05) is 19.9 Å². The summed E-state index contributed by atoms with van der Waals surface area (Å²) in [4.78, 5) is 20.9. The minimum atomic E-state index is -0.323. The second-order valence-corrected chi connectivity index (χ2v) is 6.66. The van der Waals surface area contributed by atoms with Crippen LogP contribution in [0.1, 0.15) is 40.4 Å². The van der Waals surface area contributed by atoms with E-state index in [2.05, 4.69) is 20.4 Å². The summed E-state index contributed by atoms with van der Waals surface area (Å²) in [7, 11) is 0. The Morgan fingerprint density at radius 1 is 1.24 bits per heavy atom. The van der Waals surface area contributed by atoms with Crippen LogP contribution in [0, 0.1) is 19.7 Å². The van der Waals surface area contributed by atoms with Crippen LogP contribution < -0.4 is 5.32 Å². The number of carbonyl (C=O) groups excluding carboxylic acids is 1. The molecule has 25 heavy (non-hydrogen) atoms. The van der Waals surface area contributed by atoms with Crippen LogP contribution in [0.25, 0.3) is 5.78 Å². The van der Waals surface area contributed by atoms with Crippen LogP contribution >= 0.6 is 0 Å². The predicted molar refractivity (Wildman–Crippen MR) is 89.9 cm³/mol. The van der Waals surface area contributed by atoms with Gasteiger partial charge in [0.2, 0.25) is 5.82 Å². The first-order chi connectivity index (χ1) is 12.0. The predicted octanol–water partition coefficient (Wildman–Crippen LogP) is 2.34. The maximum atomic E-state index is 13.1. The fourth-order valence-electron chi connectivity index (χ4n) is 3.11. The first-order valence-corrected chi connectivity index (χ1v) is 8.22. The molecular formula is C18H18FN5O. The summed E-state index contributed by atoms with van der Waals surface area (Å²) in [5.41, 5.74) is 2.65. The van der Waals surface area contributed by atoms with Gasteiger partial charge in [-0.2, -0.15) is 4.98 Å². The number of nitrogens with zero attached hydrogens (tertiary/aromatic N) is 4. The highest BCUT2D eigenvalue weighted by molar-refractivity contribution is 5.90. The minimum absolute atomic E-state index is 0.104. The Bertz CT molecular complexity index is 960. The number of aromatic nitrogens is 4. The molecule has 0 saturated heterocycles. The smallest absolute Gasteiger partial charge is 0.291 e. The van der Waals surface area contributed by atoms with Crippen molar-refractivity contribution >= 4 is 11.7 Å². The Hall–Kier alpha value is -2.83. The Morgan fingerprint density at radius 2 is 1.96 bits per heavy atom. The molecule has 128 valence electrons. The molecule has 0 unspecified atom stereocenters. The average molecular weight is 339 g/mol. The van der Waals surface area contributed by atoms with Crippen molar-refractivity contribution in [2.24, 2.45) is 0 Å². The van der Waals surface area contributed by atoms with E-state index in [0.29, 0.717) is 12.3 Å². The average Bonchev–Trinajstić information content (AvgIpc) is 3.24. The van der Waals surface area contributed by atoms with Crippen LogP contribution in [0.5, 0.6) is 0 Å². The van der Waals surface area contributed by atoms with Crippen molar-refractivity contribution < 1.29 is 9.18 Å². The number of nitrogens with one attached hydrogen (secondary N) is 1. The van der Waals surface area contributed by atoms with E-state index >= 15 is 0 Å². The van der Waals surface area contributed by atoms with Gasteiger partial charge in [0.1, 0.15) is 5.82 Å². The number of hydrogen-bond acceptors (Lipinski definition) is 4. The third kappa shape index (κ3) is 2.86. The first kappa shape index (κ1) is 15.7. The van der Waals surface area contributed by atoms with Crippen LogP contribution in [0.15, 0.2) is 30.3 Å². The van der Waals surface area contributed by atoms with Crippen molar-refractivity contribution in [2.45, 2.75) is 32.1 Å². The summed E-state index contributed by atoms with van der Waals surface area (Å²) in [6, 6.07) is 8.37. The normalized spacial score (nSPS) is 15.3. The SMILES string of the molecule is Cc1cc(C)n2nc(C(=O)NCC3(c4ccc(F)cc4)CC3)nc2n1. The minimum Gasteiger partial charge on any atom is -0.348 e. The quantitative estimate of drug-likeness (QED) is 0.792. The molecule has 2 heterocycles. The molecule has 1 aliphatic rings. The lowest BCUT2D eigenvalue weighted by Crippen LogP contribution is -2.33. The highest BCUT2D eigenvalue weighted by Gasteiger charge is 2.44. The van der Waals surface area contributed by atoms with Crippen molar-refractivity contribution in [2.75, 3.05) is 6.54 Å². The molecule has 2 aromatic heterocycles. The van der Waals surface area contributed by atoms with E-state index in [0.717, 1.165) is 29.8 Å². The maximum absolute atomic E-state index is 13.1. The molecule has 0 aliphatic heterocycles. The number of benzene rings is 1. The number of carbonyl (C=O) groups is 1. The van der Waals surface area contributed by atoms with Gasteiger partial charge in [-0.15, -0.1) is 5.10 Å². The Morgan fingerprint density at radius 3 is 2.64 bits per heavy atom. The second kappa shape index (κ2) is 5.61. The standard InChI is InChI=1S/C18H18FN5O/c1-11-9-12(2)24-17(21-11)22-15(23-24)16(25)20-10-18(7-8-18)13-3-5-14(19)6-4-13/h3-6,9H,7-8,10H2,1-2H3,(H,20,25). The van der Waals surface area contributed by atoms with Gasteiger partial charge in [-0.3, -0.25) is 4.79 Å². The molecule has 6 nitrogen and oxygen atoms in total. The summed E-state index contributed by atoms with van der Waals surface area (Å²) in [5, 5.41) is 7.15. The number of halogens is 1. The second-order valence-electron chi connectivity index (χ2n) is 6.66. The molecule has 0 bridgehead atoms. The van der Waals surface area contributed by atoms with Crippen LogP contribution in [0.2, 0.25) is 0 Å². The van der Waals surface area contributed by atoms with Crippen LogP contribution in [-0.2, 0) is 5.41 Å². The maximum Gasteiger partial charge on any atom is 0.291 e. The number of rotatable bonds is 4. The lowest BCUT2D eigenvalue weighted by molar-refractivity contribution is 0.0939. The fourth-order valence-corrected chi connectivity index (χ4v) is 3.11. The molecule has 1 aromatic carbocycles. The van der Waals surface area contributed by atoms with Crippen LogP contribution in [-0.4, -0.2) is 32.0 Å².